The number of fused-ring (bicyclic) bond motifs is 2. The predicted molar refractivity (Wildman–Crippen MR) is 111 cm³/mol. The smallest absolute Gasteiger partial charge is 0.449 e. The van der Waals surface area contributed by atoms with Gasteiger partial charge in [-0.2, -0.15) is 0 Å². The molecule has 5 rings (SSSR count). The SMILES string of the molecule is NC12C=CC=CC1CN(c1c(F)cc3c(=O)c(OC(=O)O)cn(C4CC4)c3c1Cl)C2. The molecular weight excluding hydrogens is 413 g/mol. The number of aromatic nitrogens is 1. The van der Waals surface area contributed by atoms with Crippen LogP contribution in [0, 0.1) is 11.7 Å². The molecule has 9 heteroatoms. The van der Waals surface area contributed by atoms with Gasteiger partial charge in [0.05, 0.1) is 33.3 Å². The average Bonchev–Trinajstić information content (AvgIpc) is 3.45. The second-order valence-electron chi connectivity index (χ2n) is 8.09. The number of rotatable bonds is 3. The van der Waals surface area contributed by atoms with E-state index in [-0.39, 0.29) is 33.8 Å². The van der Waals surface area contributed by atoms with E-state index in [1.807, 2.05) is 29.2 Å². The summed E-state index contributed by atoms with van der Waals surface area (Å²) < 4.78 is 21.6. The molecule has 3 aliphatic rings. The van der Waals surface area contributed by atoms with Crippen LogP contribution in [0.25, 0.3) is 10.9 Å². The van der Waals surface area contributed by atoms with Crippen LogP contribution in [0.4, 0.5) is 14.9 Å². The molecule has 2 aromatic rings. The molecule has 0 amide bonds. The van der Waals surface area contributed by atoms with Crippen molar-refractivity contribution in [2.24, 2.45) is 11.7 Å². The van der Waals surface area contributed by atoms with Crippen LogP contribution in [0.15, 0.2) is 41.4 Å². The maximum absolute atomic E-state index is 15.2. The van der Waals surface area contributed by atoms with Crippen molar-refractivity contribution >= 4 is 34.3 Å². The van der Waals surface area contributed by atoms with E-state index in [0.29, 0.717) is 18.6 Å². The van der Waals surface area contributed by atoms with Crippen molar-refractivity contribution in [3.8, 4) is 5.75 Å². The summed E-state index contributed by atoms with van der Waals surface area (Å²) in [7, 11) is 0. The molecule has 0 spiro atoms. The molecule has 2 heterocycles. The second kappa shape index (κ2) is 6.58. The Balaban J connectivity index is 1.69. The monoisotopic (exact) mass is 431 g/mol. The topological polar surface area (TPSA) is 97.8 Å². The quantitative estimate of drug-likeness (QED) is 0.722. The van der Waals surface area contributed by atoms with Gasteiger partial charge in [0, 0.05) is 25.0 Å². The number of allylic oxidation sites excluding steroid dienone is 2. The van der Waals surface area contributed by atoms with Crippen LogP contribution in [0.5, 0.6) is 5.75 Å². The van der Waals surface area contributed by atoms with E-state index in [1.54, 1.807) is 4.57 Å². The molecule has 2 unspecified atom stereocenters. The molecule has 1 saturated carbocycles. The molecule has 1 aromatic heterocycles. The van der Waals surface area contributed by atoms with E-state index in [0.717, 1.165) is 18.9 Å². The number of halogens is 2. The molecular formula is C21H19ClFN3O4. The first-order valence-corrected chi connectivity index (χ1v) is 10.0. The summed E-state index contributed by atoms with van der Waals surface area (Å²) in [6.45, 7) is 0.877. The highest BCUT2D eigenvalue weighted by molar-refractivity contribution is 6.38. The molecule has 0 bridgehead atoms. The molecule has 0 radical (unpaired) electrons. The molecule has 7 nitrogen and oxygen atoms in total. The first-order chi connectivity index (χ1) is 14.3. The molecule has 3 N–H and O–H groups in total. The summed E-state index contributed by atoms with van der Waals surface area (Å²) in [5.74, 6) is -1.01. The summed E-state index contributed by atoms with van der Waals surface area (Å²) in [6.07, 6.45) is 9.17. The lowest BCUT2D eigenvalue weighted by Crippen LogP contribution is -2.46. The summed E-state index contributed by atoms with van der Waals surface area (Å²) >= 11 is 6.70. The van der Waals surface area contributed by atoms with Crippen LogP contribution in [0.2, 0.25) is 5.02 Å². The van der Waals surface area contributed by atoms with Gasteiger partial charge in [-0.15, -0.1) is 0 Å². The van der Waals surface area contributed by atoms with Gasteiger partial charge in [0.25, 0.3) is 0 Å². The molecule has 2 atom stereocenters. The Morgan fingerprint density at radius 1 is 1.37 bits per heavy atom. The van der Waals surface area contributed by atoms with Crippen LogP contribution in [0.3, 0.4) is 0 Å². The first-order valence-electron chi connectivity index (χ1n) is 9.66. The van der Waals surface area contributed by atoms with Crippen molar-refractivity contribution in [1.29, 1.82) is 0 Å². The summed E-state index contributed by atoms with van der Waals surface area (Å²) in [5, 5.41) is 9.04. The number of ether oxygens (including phenoxy) is 1. The summed E-state index contributed by atoms with van der Waals surface area (Å²) in [6, 6.07) is 1.16. The Kier molecular flexibility index (Phi) is 4.20. The minimum atomic E-state index is -1.61. The van der Waals surface area contributed by atoms with Gasteiger partial charge in [0.15, 0.2) is 5.75 Å². The lowest BCUT2D eigenvalue weighted by molar-refractivity contribution is 0.143. The van der Waals surface area contributed by atoms with Crippen LogP contribution >= 0.6 is 11.6 Å². The van der Waals surface area contributed by atoms with Gasteiger partial charge in [-0.05, 0) is 18.9 Å². The standard InChI is InChI=1S/C21H19ClFN3O4/c22-16-17-13(19(27)15(30-20(28)29)9-26(17)12-4-5-12)7-14(23)18(16)25-8-11-3-1-2-6-21(11,24)10-25/h1-3,6-7,9,11-12H,4-5,8,10,24H2,(H,28,29). The third-order valence-electron chi connectivity index (χ3n) is 6.04. The van der Waals surface area contributed by atoms with Gasteiger partial charge in [-0.3, -0.25) is 4.79 Å². The number of carboxylic acid groups (broad SMARTS) is 1. The van der Waals surface area contributed by atoms with Gasteiger partial charge in [0.2, 0.25) is 5.43 Å². The molecule has 2 aliphatic carbocycles. The second-order valence-corrected chi connectivity index (χ2v) is 8.47. The van der Waals surface area contributed by atoms with Crippen molar-refractivity contribution < 1.29 is 19.0 Å². The number of pyridine rings is 1. The Bertz CT molecular complexity index is 1200. The summed E-state index contributed by atoms with van der Waals surface area (Å²) in [5.41, 5.74) is 5.76. The van der Waals surface area contributed by atoms with Gasteiger partial charge in [0.1, 0.15) is 5.82 Å². The highest BCUT2D eigenvalue weighted by Gasteiger charge is 2.43. The largest absolute Gasteiger partial charge is 0.511 e. The van der Waals surface area contributed by atoms with Gasteiger partial charge in [-0.1, -0.05) is 35.9 Å². The van der Waals surface area contributed by atoms with E-state index in [4.69, 9.17) is 22.4 Å². The van der Waals surface area contributed by atoms with Crippen molar-refractivity contribution in [1.82, 2.24) is 4.57 Å². The summed E-state index contributed by atoms with van der Waals surface area (Å²) in [4.78, 5) is 25.6. The Hall–Kier alpha value is -2.84. The van der Waals surface area contributed by atoms with E-state index < -0.39 is 22.9 Å². The fourth-order valence-corrected chi connectivity index (χ4v) is 4.85. The molecule has 1 saturated heterocycles. The Morgan fingerprint density at radius 2 is 2.13 bits per heavy atom. The van der Waals surface area contributed by atoms with E-state index >= 15 is 4.39 Å². The number of hydrogen-bond donors (Lipinski definition) is 2. The predicted octanol–water partition coefficient (Wildman–Crippen LogP) is 3.45. The zero-order chi connectivity index (χ0) is 21.2. The highest BCUT2D eigenvalue weighted by atomic mass is 35.5. The molecule has 1 aromatic carbocycles. The van der Waals surface area contributed by atoms with Gasteiger partial charge < -0.3 is 25.0 Å². The fourth-order valence-electron chi connectivity index (χ4n) is 4.44. The first kappa shape index (κ1) is 19.1. The van der Waals surface area contributed by atoms with Crippen molar-refractivity contribution in [2.75, 3.05) is 18.0 Å². The molecule has 156 valence electrons. The molecule has 2 fully saturated rings. The number of hydrogen-bond acceptors (Lipinski definition) is 5. The molecule has 30 heavy (non-hydrogen) atoms. The normalized spacial score (nSPS) is 25.0. The van der Waals surface area contributed by atoms with Crippen molar-refractivity contribution in [3.05, 3.63) is 57.6 Å². The third kappa shape index (κ3) is 2.90. The maximum atomic E-state index is 15.2. The number of carbonyl (C=O) groups is 1. The minimum absolute atomic E-state index is 0.00855. The van der Waals surface area contributed by atoms with Crippen LogP contribution in [-0.4, -0.2) is 34.5 Å². The van der Waals surface area contributed by atoms with Crippen molar-refractivity contribution in [3.63, 3.8) is 0 Å². The van der Waals surface area contributed by atoms with Gasteiger partial charge in [-0.25, -0.2) is 9.18 Å². The number of benzene rings is 1. The zero-order valence-electron chi connectivity index (χ0n) is 15.8. The fraction of sp³-hybridized carbons (Fsp3) is 0.333. The van der Waals surface area contributed by atoms with Crippen LogP contribution < -0.4 is 20.8 Å². The van der Waals surface area contributed by atoms with Crippen molar-refractivity contribution in [2.45, 2.75) is 24.4 Å². The van der Waals surface area contributed by atoms with Crippen LogP contribution in [0.1, 0.15) is 18.9 Å². The average molecular weight is 432 g/mol. The number of nitrogens with zero attached hydrogens (tertiary/aromatic N) is 2. The lowest BCUT2D eigenvalue weighted by atomic mass is 9.85. The highest BCUT2D eigenvalue weighted by Crippen LogP contribution is 2.44. The third-order valence-corrected chi connectivity index (χ3v) is 6.40. The Morgan fingerprint density at radius 3 is 2.80 bits per heavy atom. The maximum Gasteiger partial charge on any atom is 0.511 e. The number of anilines is 1. The van der Waals surface area contributed by atoms with Gasteiger partial charge >= 0.3 is 6.16 Å². The van der Waals surface area contributed by atoms with Crippen LogP contribution in [-0.2, 0) is 0 Å². The van der Waals surface area contributed by atoms with E-state index in [1.165, 1.54) is 6.20 Å². The minimum Gasteiger partial charge on any atom is -0.449 e. The number of nitrogens with two attached hydrogens (primary N) is 1. The molecule has 1 aliphatic heterocycles. The zero-order valence-corrected chi connectivity index (χ0v) is 16.6. The van der Waals surface area contributed by atoms with E-state index in [2.05, 4.69) is 4.74 Å². The Labute approximate surface area is 175 Å². The lowest BCUT2D eigenvalue weighted by Gasteiger charge is -2.27. The van der Waals surface area contributed by atoms with E-state index in [9.17, 15) is 9.59 Å².